The SMILES string of the molecule is O=C1[C@@H]2[C@@H](c3cccc4ccccc34)N(c3ccccc3)O[C@H]2C(=O)N1c1cccc(C(F)(F)F)c1. The molecule has 0 radical (unpaired) electrons. The number of fused-ring (bicyclic) bond motifs is 2. The molecule has 0 aliphatic carbocycles. The van der Waals surface area contributed by atoms with Crippen LogP contribution >= 0.6 is 0 Å². The Morgan fingerprint density at radius 2 is 1.39 bits per heavy atom. The molecule has 0 N–H and O–H groups in total. The molecule has 4 aromatic carbocycles. The predicted octanol–water partition coefficient (Wildman–Crippen LogP) is 5.91. The van der Waals surface area contributed by atoms with E-state index in [9.17, 15) is 22.8 Å². The monoisotopic (exact) mass is 488 g/mol. The van der Waals surface area contributed by atoms with Gasteiger partial charge in [-0.05, 0) is 46.7 Å². The standard InChI is InChI=1S/C28H19F3N2O3/c29-28(30,31)18-10-7-13-20(16-18)32-26(34)23-24(22-15-6-9-17-8-4-5-14-21(17)22)33(36-25(23)27(32)35)19-11-2-1-3-12-19/h1-16,23-25H/t23-,24-,25-/m1/s1. The van der Waals surface area contributed by atoms with Gasteiger partial charge in [0.15, 0.2) is 6.10 Å². The average molecular weight is 488 g/mol. The van der Waals surface area contributed by atoms with Gasteiger partial charge in [-0.1, -0.05) is 66.7 Å². The van der Waals surface area contributed by atoms with Crippen molar-refractivity contribution in [2.24, 2.45) is 5.92 Å². The van der Waals surface area contributed by atoms with Gasteiger partial charge in [0.25, 0.3) is 5.91 Å². The second kappa shape index (κ2) is 8.20. The van der Waals surface area contributed by atoms with Gasteiger partial charge in [-0.3, -0.25) is 14.4 Å². The van der Waals surface area contributed by atoms with E-state index < -0.39 is 41.6 Å². The number of carbonyl (C=O) groups excluding carboxylic acids is 2. The first-order valence-corrected chi connectivity index (χ1v) is 11.4. The average Bonchev–Trinajstić information content (AvgIpc) is 3.39. The number of halogens is 3. The van der Waals surface area contributed by atoms with E-state index in [1.54, 1.807) is 5.06 Å². The molecule has 0 aromatic heterocycles. The lowest BCUT2D eigenvalue weighted by Crippen LogP contribution is -2.37. The summed E-state index contributed by atoms with van der Waals surface area (Å²) >= 11 is 0. The van der Waals surface area contributed by atoms with E-state index in [1.807, 2.05) is 72.8 Å². The topological polar surface area (TPSA) is 49.9 Å². The summed E-state index contributed by atoms with van der Waals surface area (Å²) < 4.78 is 40.0. The van der Waals surface area contributed by atoms with E-state index in [0.717, 1.165) is 33.4 Å². The fourth-order valence-corrected chi connectivity index (χ4v) is 5.11. The molecular formula is C28H19F3N2O3. The van der Waals surface area contributed by atoms with Crippen LogP contribution in [0.2, 0.25) is 0 Å². The lowest BCUT2D eigenvalue weighted by atomic mass is 9.87. The van der Waals surface area contributed by atoms with Crippen LogP contribution in [0.3, 0.4) is 0 Å². The number of carbonyl (C=O) groups is 2. The number of nitrogens with zero attached hydrogens (tertiary/aromatic N) is 2. The molecule has 0 unspecified atom stereocenters. The molecule has 2 amide bonds. The largest absolute Gasteiger partial charge is 0.416 e. The van der Waals surface area contributed by atoms with Crippen LogP contribution in [0.4, 0.5) is 24.5 Å². The molecule has 0 saturated carbocycles. The van der Waals surface area contributed by atoms with Crippen LogP contribution in [-0.2, 0) is 20.6 Å². The first kappa shape index (κ1) is 22.3. The van der Waals surface area contributed by atoms with E-state index in [0.29, 0.717) is 5.69 Å². The molecular weight excluding hydrogens is 469 g/mol. The maximum atomic E-state index is 13.8. The van der Waals surface area contributed by atoms with Crippen molar-refractivity contribution in [1.29, 1.82) is 0 Å². The minimum atomic E-state index is -4.61. The smallest absolute Gasteiger partial charge is 0.273 e. The minimum absolute atomic E-state index is 0.124. The van der Waals surface area contributed by atoms with Gasteiger partial charge in [-0.2, -0.15) is 13.2 Å². The van der Waals surface area contributed by atoms with Gasteiger partial charge >= 0.3 is 6.18 Å². The summed E-state index contributed by atoms with van der Waals surface area (Å²) in [5, 5.41) is 3.43. The van der Waals surface area contributed by atoms with Crippen molar-refractivity contribution in [1.82, 2.24) is 0 Å². The third kappa shape index (κ3) is 3.45. The quantitative estimate of drug-likeness (QED) is 0.337. The molecule has 0 spiro atoms. The summed E-state index contributed by atoms with van der Waals surface area (Å²) in [6.07, 6.45) is -5.78. The summed E-state index contributed by atoms with van der Waals surface area (Å²) in [5.41, 5.74) is 0.392. The summed E-state index contributed by atoms with van der Waals surface area (Å²) in [7, 11) is 0. The van der Waals surface area contributed by atoms with Crippen LogP contribution in [0.5, 0.6) is 0 Å². The van der Waals surface area contributed by atoms with Crippen LogP contribution in [-0.4, -0.2) is 17.9 Å². The number of benzene rings is 4. The van der Waals surface area contributed by atoms with E-state index >= 15 is 0 Å². The second-order valence-corrected chi connectivity index (χ2v) is 8.79. The maximum absolute atomic E-state index is 13.8. The summed E-state index contributed by atoms with van der Waals surface area (Å²) in [6.45, 7) is 0. The van der Waals surface area contributed by atoms with Crippen LogP contribution in [0, 0.1) is 5.92 Å². The summed E-state index contributed by atoms with van der Waals surface area (Å²) in [4.78, 5) is 34.2. The molecule has 2 aliphatic heterocycles. The Labute approximate surface area is 204 Å². The number of hydrogen-bond acceptors (Lipinski definition) is 4. The van der Waals surface area contributed by atoms with Crippen molar-refractivity contribution >= 4 is 34.0 Å². The van der Waals surface area contributed by atoms with Crippen molar-refractivity contribution in [2.45, 2.75) is 18.3 Å². The first-order chi connectivity index (χ1) is 17.3. The van der Waals surface area contributed by atoms with Gasteiger partial charge in [0, 0.05) is 0 Å². The number of imide groups is 1. The first-order valence-electron chi connectivity index (χ1n) is 11.4. The number of anilines is 2. The molecule has 2 saturated heterocycles. The number of rotatable bonds is 3. The summed E-state index contributed by atoms with van der Waals surface area (Å²) in [6, 6.07) is 26.1. The Kier molecular flexibility index (Phi) is 5.08. The molecule has 2 fully saturated rings. The third-order valence-corrected chi connectivity index (χ3v) is 6.70. The molecule has 36 heavy (non-hydrogen) atoms. The van der Waals surface area contributed by atoms with Gasteiger partial charge in [-0.25, -0.2) is 9.96 Å². The maximum Gasteiger partial charge on any atom is 0.416 e. The Balaban J connectivity index is 1.48. The zero-order valence-corrected chi connectivity index (χ0v) is 18.7. The molecule has 2 heterocycles. The van der Waals surface area contributed by atoms with Gasteiger partial charge in [-0.15, -0.1) is 0 Å². The zero-order valence-electron chi connectivity index (χ0n) is 18.7. The summed E-state index contributed by atoms with van der Waals surface area (Å²) in [5.74, 6) is -2.23. The Hall–Kier alpha value is -4.17. The van der Waals surface area contributed by atoms with E-state index in [1.165, 1.54) is 12.1 Å². The van der Waals surface area contributed by atoms with Gasteiger partial charge in [0.1, 0.15) is 5.92 Å². The van der Waals surface area contributed by atoms with Crippen LogP contribution in [0.1, 0.15) is 17.2 Å². The van der Waals surface area contributed by atoms with Gasteiger partial charge in [0.2, 0.25) is 5.91 Å². The van der Waals surface area contributed by atoms with Crippen LogP contribution in [0.15, 0.2) is 97.1 Å². The van der Waals surface area contributed by atoms with E-state index in [4.69, 9.17) is 4.84 Å². The predicted molar refractivity (Wildman–Crippen MR) is 128 cm³/mol. The molecule has 4 aromatic rings. The zero-order chi connectivity index (χ0) is 25.0. The number of alkyl halides is 3. The molecule has 180 valence electrons. The lowest BCUT2D eigenvalue weighted by molar-refractivity contribution is -0.137. The molecule has 5 nitrogen and oxygen atoms in total. The number of hydroxylamine groups is 1. The highest BCUT2D eigenvalue weighted by Gasteiger charge is 2.60. The highest BCUT2D eigenvalue weighted by atomic mass is 19.4. The van der Waals surface area contributed by atoms with Gasteiger partial charge in [0.05, 0.1) is 23.0 Å². The van der Waals surface area contributed by atoms with Crippen molar-refractivity contribution in [3.63, 3.8) is 0 Å². The van der Waals surface area contributed by atoms with Gasteiger partial charge < -0.3 is 0 Å². The Morgan fingerprint density at radius 1 is 0.722 bits per heavy atom. The van der Waals surface area contributed by atoms with Crippen molar-refractivity contribution < 1.29 is 27.6 Å². The van der Waals surface area contributed by atoms with Crippen molar-refractivity contribution in [2.75, 3.05) is 9.96 Å². The normalized spacial score (nSPS) is 21.9. The van der Waals surface area contributed by atoms with Crippen LogP contribution in [0.25, 0.3) is 10.8 Å². The molecule has 0 bridgehead atoms. The number of hydrogen-bond donors (Lipinski definition) is 0. The highest BCUT2D eigenvalue weighted by Crippen LogP contribution is 2.49. The molecule has 6 rings (SSSR count). The second-order valence-electron chi connectivity index (χ2n) is 8.79. The fourth-order valence-electron chi connectivity index (χ4n) is 5.11. The molecule has 8 heteroatoms. The molecule has 2 aliphatic rings. The van der Waals surface area contributed by atoms with Crippen molar-refractivity contribution in [3.8, 4) is 0 Å². The third-order valence-electron chi connectivity index (χ3n) is 6.70. The minimum Gasteiger partial charge on any atom is -0.273 e. The Bertz CT molecular complexity index is 1480. The highest BCUT2D eigenvalue weighted by molar-refractivity contribution is 6.24. The Morgan fingerprint density at radius 3 is 2.17 bits per heavy atom. The van der Waals surface area contributed by atoms with Crippen molar-refractivity contribution in [3.05, 3.63) is 108 Å². The number of para-hydroxylation sites is 1. The van der Waals surface area contributed by atoms with E-state index in [2.05, 4.69) is 0 Å². The number of amides is 2. The van der Waals surface area contributed by atoms with Crippen LogP contribution < -0.4 is 9.96 Å². The lowest BCUT2D eigenvalue weighted by Gasteiger charge is -2.29. The fraction of sp³-hybridized carbons (Fsp3) is 0.143. The molecule has 3 atom stereocenters. The van der Waals surface area contributed by atoms with E-state index in [-0.39, 0.29) is 5.69 Å².